The van der Waals surface area contributed by atoms with E-state index in [9.17, 15) is 22.4 Å². The second-order valence-electron chi connectivity index (χ2n) is 8.84. The lowest BCUT2D eigenvalue weighted by atomic mass is 9.88. The molecule has 0 amide bonds. The number of esters is 1. The number of ether oxygens (including phenoxy) is 1. The second-order valence-corrected chi connectivity index (χ2v) is 10.4. The Labute approximate surface area is 215 Å². The van der Waals surface area contributed by atoms with Crippen molar-refractivity contribution < 1.29 is 31.2 Å². The molecule has 0 aliphatic carbocycles. The summed E-state index contributed by atoms with van der Waals surface area (Å²) in [5.41, 5.74) is 1.82. The van der Waals surface area contributed by atoms with E-state index in [0.29, 0.717) is 28.2 Å². The predicted octanol–water partition coefficient (Wildman–Crippen LogP) is 4.95. The van der Waals surface area contributed by atoms with E-state index < -0.39 is 27.7 Å². The molecule has 2 aromatic heterocycles. The van der Waals surface area contributed by atoms with Crippen molar-refractivity contribution in [3.8, 4) is 28.2 Å². The van der Waals surface area contributed by atoms with Crippen LogP contribution in [0.2, 0.25) is 0 Å². The van der Waals surface area contributed by atoms with Crippen molar-refractivity contribution >= 4 is 27.0 Å². The van der Waals surface area contributed by atoms with Gasteiger partial charge in [-0.2, -0.15) is 0 Å². The fourth-order valence-corrected chi connectivity index (χ4v) is 5.15. The van der Waals surface area contributed by atoms with Crippen molar-refractivity contribution in [2.75, 3.05) is 0 Å². The number of benzene rings is 3. The Hall–Kier alpha value is -4.54. The first-order valence-electron chi connectivity index (χ1n) is 11.5. The third-order valence-corrected chi connectivity index (χ3v) is 7.41. The highest BCUT2D eigenvalue weighted by molar-refractivity contribution is 7.89. The van der Waals surface area contributed by atoms with E-state index in [4.69, 9.17) is 18.7 Å². The standard InChI is InChI=1S/C28H18FNO7S/c29-17-5-1-15(2-6-17)21-14-35-28-19(27(21)32)9-10-24-26(28)20(13-25(31)37-24)23-12-11-22(36-23)16-3-7-18(8-4-16)38(30,33)34/h1-12,14,20H,13H2,(H2,30,33,34). The number of furan rings is 1. The third-order valence-electron chi connectivity index (χ3n) is 6.48. The van der Waals surface area contributed by atoms with Crippen LogP contribution >= 0.6 is 0 Å². The average molecular weight is 532 g/mol. The highest BCUT2D eigenvalue weighted by Gasteiger charge is 2.34. The lowest BCUT2D eigenvalue weighted by Gasteiger charge is -2.23. The summed E-state index contributed by atoms with van der Waals surface area (Å²) in [6.45, 7) is 0. The third kappa shape index (κ3) is 4.09. The van der Waals surface area contributed by atoms with Gasteiger partial charge in [0.25, 0.3) is 0 Å². The molecule has 0 bridgehead atoms. The van der Waals surface area contributed by atoms with Crippen molar-refractivity contribution in [1.29, 1.82) is 0 Å². The first-order chi connectivity index (χ1) is 18.2. The Bertz CT molecular complexity index is 1890. The van der Waals surface area contributed by atoms with Crippen LogP contribution in [-0.2, 0) is 14.8 Å². The number of hydrogen-bond acceptors (Lipinski definition) is 7. The summed E-state index contributed by atoms with van der Waals surface area (Å²) < 4.78 is 53.9. The number of rotatable bonds is 4. The molecule has 3 aromatic carbocycles. The van der Waals surface area contributed by atoms with Gasteiger partial charge in [-0.15, -0.1) is 0 Å². The van der Waals surface area contributed by atoms with Gasteiger partial charge in [-0.05, 0) is 66.2 Å². The largest absolute Gasteiger partial charge is 0.463 e. The molecule has 3 heterocycles. The molecule has 1 aliphatic heterocycles. The molecular formula is C28H18FNO7S. The van der Waals surface area contributed by atoms with Gasteiger partial charge in [-0.1, -0.05) is 12.1 Å². The SMILES string of the molecule is NS(=O)(=O)c1ccc(-c2ccc(C3CC(=O)Oc4ccc5c(=O)c(-c6ccc(F)cc6)coc5c43)o2)cc1. The summed E-state index contributed by atoms with van der Waals surface area (Å²) in [7, 11) is -3.84. The molecule has 190 valence electrons. The molecule has 0 radical (unpaired) electrons. The summed E-state index contributed by atoms with van der Waals surface area (Å²) >= 11 is 0. The first kappa shape index (κ1) is 23.8. The van der Waals surface area contributed by atoms with Gasteiger partial charge in [0.2, 0.25) is 15.5 Å². The number of hydrogen-bond donors (Lipinski definition) is 1. The van der Waals surface area contributed by atoms with Crippen LogP contribution in [0.3, 0.4) is 0 Å². The van der Waals surface area contributed by atoms with Crippen molar-refractivity contribution in [3.05, 3.63) is 106 Å². The van der Waals surface area contributed by atoms with E-state index in [1.54, 1.807) is 30.3 Å². The van der Waals surface area contributed by atoms with Crippen molar-refractivity contribution in [1.82, 2.24) is 0 Å². The monoisotopic (exact) mass is 531 g/mol. The van der Waals surface area contributed by atoms with Gasteiger partial charge >= 0.3 is 5.97 Å². The topological polar surface area (TPSA) is 130 Å². The Kier molecular flexibility index (Phi) is 5.51. The summed E-state index contributed by atoms with van der Waals surface area (Å²) in [4.78, 5) is 25.8. The normalized spacial score (nSPS) is 15.3. The number of primary sulfonamides is 1. The van der Waals surface area contributed by atoms with Gasteiger partial charge in [0.1, 0.15) is 34.9 Å². The summed E-state index contributed by atoms with van der Waals surface area (Å²) in [5.74, 6) is -0.356. The Morgan fingerprint density at radius 1 is 0.868 bits per heavy atom. The van der Waals surface area contributed by atoms with Crippen molar-refractivity contribution in [3.63, 3.8) is 0 Å². The van der Waals surface area contributed by atoms with E-state index in [1.807, 2.05) is 0 Å². The fraction of sp³-hybridized carbons (Fsp3) is 0.0714. The predicted molar refractivity (Wildman–Crippen MR) is 135 cm³/mol. The number of nitrogens with two attached hydrogens (primary N) is 1. The maximum atomic E-state index is 13.4. The van der Waals surface area contributed by atoms with E-state index in [2.05, 4.69) is 0 Å². The number of halogens is 1. The van der Waals surface area contributed by atoms with Gasteiger partial charge < -0.3 is 13.6 Å². The molecule has 1 atom stereocenters. The second kappa shape index (κ2) is 8.79. The van der Waals surface area contributed by atoms with E-state index >= 15 is 0 Å². The van der Waals surface area contributed by atoms with E-state index in [0.717, 1.165) is 0 Å². The van der Waals surface area contributed by atoms with Gasteiger partial charge in [-0.25, -0.2) is 17.9 Å². The zero-order chi connectivity index (χ0) is 26.6. The van der Waals surface area contributed by atoms with Crippen LogP contribution in [0.5, 0.6) is 5.75 Å². The summed E-state index contributed by atoms with van der Waals surface area (Å²) in [6.07, 6.45) is 1.26. The molecule has 0 saturated heterocycles. The van der Waals surface area contributed by atoms with Crippen LogP contribution in [0.1, 0.15) is 23.7 Å². The maximum absolute atomic E-state index is 13.4. The molecule has 1 unspecified atom stereocenters. The summed E-state index contributed by atoms with van der Waals surface area (Å²) in [5, 5.41) is 5.45. The first-order valence-corrected chi connectivity index (χ1v) is 13.0. The number of carbonyl (C=O) groups is 1. The van der Waals surface area contributed by atoms with Crippen LogP contribution in [0.4, 0.5) is 4.39 Å². The van der Waals surface area contributed by atoms with E-state index in [-0.39, 0.29) is 39.0 Å². The molecule has 0 spiro atoms. The minimum absolute atomic E-state index is 0.0292. The number of carbonyl (C=O) groups excluding carboxylic acids is 1. The van der Waals surface area contributed by atoms with Crippen LogP contribution in [0.25, 0.3) is 33.4 Å². The molecular weight excluding hydrogens is 513 g/mol. The average Bonchev–Trinajstić information content (AvgIpc) is 3.39. The molecule has 6 rings (SSSR count). The maximum Gasteiger partial charge on any atom is 0.312 e. The molecule has 38 heavy (non-hydrogen) atoms. The van der Waals surface area contributed by atoms with Crippen LogP contribution in [-0.4, -0.2) is 14.4 Å². The molecule has 0 saturated carbocycles. The molecule has 2 N–H and O–H groups in total. The molecule has 10 heteroatoms. The lowest BCUT2D eigenvalue weighted by Crippen LogP contribution is -2.21. The van der Waals surface area contributed by atoms with Gasteiger partial charge in [0, 0.05) is 11.1 Å². The van der Waals surface area contributed by atoms with Gasteiger partial charge in [0.05, 0.1) is 28.2 Å². The number of sulfonamides is 1. The zero-order valence-corrected chi connectivity index (χ0v) is 20.3. The smallest absolute Gasteiger partial charge is 0.312 e. The Morgan fingerprint density at radius 2 is 1.58 bits per heavy atom. The van der Waals surface area contributed by atoms with Crippen LogP contribution in [0, 0.1) is 5.82 Å². The van der Waals surface area contributed by atoms with Gasteiger partial charge in [-0.3, -0.25) is 9.59 Å². The highest BCUT2D eigenvalue weighted by Crippen LogP contribution is 2.44. The highest BCUT2D eigenvalue weighted by atomic mass is 32.2. The van der Waals surface area contributed by atoms with Crippen LogP contribution < -0.4 is 15.3 Å². The molecule has 1 aliphatic rings. The minimum atomic E-state index is -3.84. The Balaban J connectivity index is 1.44. The zero-order valence-electron chi connectivity index (χ0n) is 19.5. The van der Waals surface area contributed by atoms with Crippen molar-refractivity contribution in [2.24, 2.45) is 5.14 Å². The fourth-order valence-electron chi connectivity index (χ4n) is 4.63. The van der Waals surface area contributed by atoms with E-state index in [1.165, 1.54) is 48.7 Å². The lowest BCUT2D eigenvalue weighted by molar-refractivity contribution is -0.135. The quantitative estimate of drug-likeness (QED) is 0.257. The molecule has 8 nitrogen and oxygen atoms in total. The number of fused-ring (bicyclic) bond motifs is 3. The molecule has 5 aromatic rings. The van der Waals surface area contributed by atoms with Crippen LogP contribution in [0.15, 0.2) is 97.6 Å². The van der Waals surface area contributed by atoms with Gasteiger partial charge in [0.15, 0.2) is 0 Å². The summed E-state index contributed by atoms with van der Waals surface area (Å²) in [6, 6.07) is 17.9. The van der Waals surface area contributed by atoms with Crippen molar-refractivity contribution in [2.45, 2.75) is 17.2 Å². The Morgan fingerprint density at radius 3 is 2.29 bits per heavy atom. The molecule has 0 fully saturated rings. The minimum Gasteiger partial charge on any atom is -0.463 e.